The zero-order chi connectivity index (χ0) is 16.1. The number of amides is 2. The van der Waals surface area contributed by atoms with Crippen LogP contribution in [0.3, 0.4) is 0 Å². The summed E-state index contributed by atoms with van der Waals surface area (Å²) >= 11 is 0. The maximum atomic E-state index is 12.0. The molecule has 0 aliphatic rings. The van der Waals surface area contributed by atoms with Crippen LogP contribution in [0.4, 0.5) is 10.5 Å². The first-order valence-corrected chi connectivity index (χ1v) is 7.36. The lowest BCUT2D eigenvalue weighted by molar-refractivity contribution is 0.222. The van der Waals surface area contributed by atoms with Crippen LogP contribution < -0.4 is 10.6 Å². The third kappa shape index (κ3) is 3.46. The number of carbonyl (C=O) groups is 1. The number of urea groups is 1. The van der Waals surface area contributed by atoms with Gasteiger partial charge in [0.25, 0.3) is 0 Å². The minimum atomic E-state index is -0.334. The highest BCUT2D eigenvalue weighted by Crippen LogP contribution is 2.22. The topological polar surface area (TPSA) is 79.2 Å². The van der Waals surface area contributed by atoms with Crippen LogP contribution in [0, 0.1) is 13.8 Å². The molecule has 0 aliphatic heterocycles. The molecule has 0 saturated carbocycles. The zero-order valence-electron chi connectivity index (χ0n) is 13.1. The largest absolute Gasteiger partial charge is 0.394 e. The molecule has 1 atom stereocenters. The molecule has 1 heterocycles. The number of benzene rings is 1. The van der Waals surface area contributed by atoms with Crippen LogP contribution >= 0.6 is 0 Å². The highest BCUT2D eigenvalue weighted by Gasteiger charge is 2.16. The number of nitrogens with one attached hydrogen (secondary N) is 2. The lowest BCUT2D eigenvalue weighted by Crippen LogP contribution is -2.39. The number of nitrogens with zero attached hydrogens (tertiary/aromatic N) is 2. The van der Waals surface area contributed by atoms with Gasteiger partial charge >= 0.3 is 6.03 Å². The van der Waals surface area contributed by atoms with Gasteiger partial charge in [0.15, 0.2) is 0 Å². The summed E-state index contributed by atoms with van der Waals surface area (Å²) in [6, 6.07) is 9.17. The number of aromatic nitrogens is 2. The first kappa shape index (κ1) is 16.0. The Kier molecular flexibility index (Phi) is 5.16. The summed E-state index contributed by atoms with van der Waals surface area (Å²) in [4.78, 5) is 12.0. The molecule has 0 radical (unpaired) electrons. The minimum absolute atomic E-state index is 0.0782. The summed E-state index contributed by atoms with van der Waals surface area (Å²) in [5.41, 5.74) is 3.23. The van der Waals surface area contributed by atoms with Gasteiger partial charge in [-0.2, -0.15) is 5.10 Å². The molecule has 22 heavy (non-hydrogen) atoms. The number of aliphatic hydroxyl groups excluding tert-OH is 1. The van der Waals surface area contributed by atoms with E-state index < -0.39 is 0 Å². The van der Waals surface area contributed by atoms with Gasteiger partial charge in [0.1, 0.15) is 0 Å². The van der Waals surface area contributed by atoms with Crippen molar-refractivity contribution >= 4 is 11.7 Å². The average molecular weight is 302 g/mol. The van der Waals surface area contributed by atoms with Gasteiger partial charge in [-0.15, -0.1) is 0 Å². The molecule has 2 aromatic rings. The molecule has 1 aromatic heterocycles. The quantitative estimate of drug-likeness (QED) is 0.793. The van der Waals surface area contributed by atoms with Crippen LogP contribution in [0.1, 0.15) is 24.7 Å². The van der Waals surface area contributed by atoms with Gasteiger partial charge in [-0.3, -0.25) is 0 Å². The van der Waals surface area contributed by atoms with Crippen molar-refractivity contribution in [3.8, 4) is 5.69 Å². The molecule has 6 nitrogen and oxygen atoms in total. The highest BCUT2D eigenvalue weighted by molar-refractivity contribution is 5.90. The Bertz CT molecular complexity index is 633. The maximum absolute atomic E-state index is 12.0. The van der Waals surface area contributed by atoms with E-state index in [-0.39, 0.29) is 18.7 Å². The van der Waals surface area contributed by atoms with Crippen LogP contribution in [0.2, 0.25) is 0 Å². The fraction of sp³-hybridized carbons (Fsp3) is 0.375. The Morgan fingerprint density at radius 3 is 2.59 bits per heavy atom. The van der Waals surface area contributed by atoms with Gasteiger partial charge in [-0.1, -0.05) is 25.1 Å². The molecule has 1 aromatic carbocycles. The Morgan fingerprint density at radius 2 is 2.00 bits per heavy atom. The normalized spacial score (nSPS) is 12.0. The summed E-state index contributed by atoms with van der Waals surface area (Å²) < 4.78 is 1.80. The average Bonchev–Trinajstić information content (AvgIpc) is 2.81. The molecule has 2 amide bonds. The lowest BCUT2D eigenvalue weighted by atomic mass is 10.2. The fourth-order valence-electron chi connectivity index (χ4n) is 2.26. The molecule has 0 saturated heterocycles. The van der Waals surface area contributed by atoms with E-state index in [1.54, 1.807) is 4.68 Å². The number of rotatable bonds is 5. The summed E-state index contributed by atoms with van der Waals surface area (Å²) in [5, 5.41) is 19.2. The molecular formula is C16H22N4O2. The van der Waals surface area contributed by atoms with E-state index in [0.717, 1.165) is 17.1 Å². The second kappa shape index (κ2) is 7.09. The Hall–Kier alpha value is -2.34. The second-order valence-electron chi connectivity index (χ2n) is 5.18. The molecule has 0 fully saturated rings. The Labute approximate surface area is 130 Å². The number of carbonyl (C=O) groups excluding carboxylic acids is 1. The number of hydrogen-bond acceptors (Lipinski definition) is 3. The molecule has 6 heteroatoms. The van der Waals surface area contributed by atoms with Gasteiger partial charge < -0.3 is 15.7 Å². The van der Waals surface area contributed by atoms with Crippen LogP contribution in [-0.4, -0.2) is 33.6 Å². The third-order valence-electron chi connectivity index (χ3n) is 3.58. The van der Waals surface area contributed by atoms with Crippen molar-refractivity contribution < 1.29 is 9.90 Å². The predicted molar refractivity (Wildman–Crippen MR) is 86.4 cm³/mol. The summed E-state index contributed by atoms with van der Waals surface area (Å²) in [7, 11) is 0. The van der Waals surface area contributed by atoms with Crippen molar-refractivity contribution in [2.24, 2.45) is 0 Å². The molecule has 3 N–H and O–H groups in total. The van der Waals surface area contributed by atoms with Crippen LogP contribution in [-0.2, 0) is 0 Å². The summed E-state index contributed by atoms with van der Waals surface area (Å²) in [5.74, 6) is 0. The molecule has 118 valence electrons. The Balaban J connectivity index is 2.19. The maximum Gasteiger partial charge on any atom is 0.319 e. The van der Waals surface area contributed by atoms with E-state index in [1.807, 2.05) is 51.1 Å². The number of aryl methyl sites for hydroxylation is 1. The van der Waals surface area contributed by atoms with Crippen LogP contribution in [0.25, 0.3) is 5.69 Å². The first-order valence-electron chi connectivity index (χ1n) is 7.36. The number of aliphatic hydroxyl groups is 1. The van der Waals surface area contributed by atoms with E-state index in [9.17, 15) is 4.79 Å². The van der Waals surface area contributed by atoms with Crippen molar-refractivity contribution in [3.05, 3.63) is 41.7 Å². The summed E-state index contributed by atoms with van der Waals surface area (Å²) in [6.07, 6.45) is 0.672. The van der Waals surface area contributed by atoms with Crippen LogP contribution in [0.5, 0.6) is 0 Å². The highest BCUT2D eigenvalue weighted by atomic mass is 16.3. The number of anilines is 1. The van der Waals surface area contributed by atoms with Crippen molar-refractivity contribution in [3.63, 3.8) is 0 Å². The van der Waals surface area contributed by atoms with E-state index in [1.165, 1.54) is 0 Å². The fourth-order valence-corrected chi connectivity index (χ4v) is 2.26. The van der Waals surface area contributed by atoms with Crippen molar-refractivity contribution in [2.45, 2.75) is 33.2 Å². The molecule has 0 bridgehead atoms. The van der Waals surface area contributed by atoms with E-state index in [0.29, 0.717) is 12.1 Å². The van der Waals surface area contributed by atoms with Crippen LogP contribution in [0.15, 0.2) is 30.3 Å². The molecule has 2 rings (SSSR count). The van der Waals surface area contributed by atoms with Gasteiger partial charge in [0.2, 0.25) is 0 Å². The molecule has 0 aliphatic carbocycles. The van der Waals surface area contributed by atoms with Crippen molar-refractivity contribution in [1.29, 1.82) is 0 Å². The van der Waals surface area contributed by atoms with Crippen molar-refractivity contribution in [1.82, 2.24) is 15.1 Å². The smallest absolute Gasteiger partial charge is 0.319 e. The van der Waals surface area contributed by atoms with Crippen molar-refractivity contribution in [2.75, 3.05) is 11.9 Å². The monoisotopic (exact) mass is 302 g/mol. The second-order valence-corrected chi connectivity index (χ2v) is 5.18. The summed E-state index contributed by atoms with van der Waals surface area (Å²) in [6.45, 7) is 5.59. The third-order valence-corrected chi connectivity index (χ3v) is 3.58. The van der Waals surface area contributed by atoms with Gasteiger partial charge in [-0.05, 0) is 32.4 Å². The van der Waals surface area contributed by atoms with E-state index in [2.05, 4.69) is 15.7 Å². The van der Waals surface area contributed by atoms with Gasteiger partial charge in [0, 0.05) is 0 Å². The molecular weight excluding hydrogens is 280 g/mol. The first-order chi connectivity index (χ1) is 10.6. The lowest BCUT2D eigenvalue weighted by Gasteiger charge is -2.15. The molecule has 0 spiro atoms. The molecule has 1 unspecified atom stereocenters. The Morgan fingerprint density at radius 1 is 1.32 bits per heavy atom. The van der Waals surface area contributed by atoms with E-state index >= 15 is 0 Å². The number of hydrogen-bond donors (Lipinski definition) is 3. The SMILES string of the molecule is CCC(CO)NC(=O)Nc1c(C)nn(-c2ccccc2)c1C. The van der Waals surface area contributed by atoms with Gasteiger partial charge in [0.05, 0.1) is 35.4 Å². The minimum Gasteiger partial charge on any atom is -0.394 e. The van der Waals surface area contributed by atoms with Gasteiger partial charge in [-0.25, -0.2) is 9.48 Å². The predicted octanol–water partition coefficient (Wildman–Crippen LogP) is 2.38. The standard InChI is InChI=1S/C16H22N4O2/c1-4-13(10-21)17-16(22)18-15-11(2)19-20(12(15)3)14-8-6-5-7-9-14/h5-9,13,21H,4,10H2,1-3H3,(H2,17,18,22). The van der Waals surface area contributed by atoms with E-state index in [4.69, 9.17) is 5.11 Å². The zero-order valence-corrected chi connectivity index (χ0v) is 13.1. The number of para-hydroxylation sites is 1.